The quantitative estimate of drug-likeness (QED) is 0.300. The van der Waals surface area contributed by atoms with Gasteiger partial charge in [-0.15, -0.1) is 0 Å². The third kappa shape index (κ3) is 4.55. The van der Waals surface area contributed by atoms with Crippen LogP contribution in [0.15, 0.2) is 77.8 Å². The third-order valence-corrected chi connectivity index (χ3v) is 7.65. The van der Waals surface area contributed by atoms with Gasteiger partial charge < -0.3 is 9.46 Å². The Kier molecular flexibility index (Phi) is 6.46. The zero-order chi connectivity index (χ0) is 21.9. The number of ether oxygens (including phenoxy) is 1. The molecule has 0 atom stereocenters. The molecule has 2 heterocycles. The number of hydrogen-bond acceptors (Lipinski definition) is 6. The van der Waals surface area contributed by atoms with Crippen molar-refractivity contribution in [3.63, 3.8) is 0 Å². The topological polar surface area (TPSA) is 37.4 Å². The van der Waals surface area contributed by atoms with E-state index in [9.17, 15) is 0 Å². The lowest BCUT2D eigenvalue weighted by atomic mass is 10.00. The first kappa shape index (κ1) is 21.5. The maximum absolute atomic E-state index is 6.59. The molecule has 1 fully saturated rings. The van der Waals surface area contributed by atoms with Gasteiger partial charge in [-0.05, 0) is 78.2 Å². The number of nitrogens with one attached hydrogen (secondary N) is 1. The maximum Gasteiger partial charge on any atom is 0.129 e. The fourth-order valence-corrected chi connectivity index (χ4v) is 5.42. The molecule has 3 aromatic carbocycles. The second kappa shape index (κ2) is 9.63. The van der Waals surface area contributed by atoms with E-state index in [2.05, 4.69) is 64.5 Å². The fourth-order valence-electron chi connectivity index (χ4n) is 3.66. The molecule has 0 saturated carbocycles. The monoisotopic (exact) mass is 479 g/mol. The van der Waals surface area contributed by atoms with Crippen LogP contribution in [0.4, 0.5) is 11.4 Å². The van der Waals surface area contributed by atoms with Crippen molar-refractivity contribution in [3.05, 3.63) is 83.5 Å². The van der Waals surface area contributed by atoms with Gasteiger partial charge in [0.1, 0.15) is 6.73 Å². The molecule has 162 valence electrons. The molecular weight excluding hydrogens is 458 g/mol. The molecule has 1 saturated heterocycles. The van der Waals surface area contributed by atoms with Gasteiger partial charge in [0.05, 0.1) is 23.0 Å². The predicted molar refractivity (Wildman–Crippen MR) is 139 cm³/mol. The zero-order valence-corrected chi connectivity index (χ0v) is 19.9. The molecule has 1 N–H and O–H groups in total. The first-order chi connectivity index (χ1) is 15.7. The number of aryl methyl sites for hydroxylation is 1. The molecule has 0 radical (unpaired) electrons. The number of rotatable bonds is 5. The van der Waals surface area contributed by atoms with E-state index in [0.29, 0.717) is 11.8 Å². The number of hydrogen-bond donors (Lipinski definition) is 1. The minimum atomic E-state index is 0.583. The lowest BCUT2D eigenvalue weighted by Gasteiger charge is -2.27. The summed E-state index contributed by atoms with van der Waals surface area (Å²) >= 11 is 9.86. The van der Waals surface area contributed by atoms with Crippen molar-refractivity contribution in [3.8, 4) is 11.3 Å². The standard InChI is InChI=1S/C25H22ClN3OS2/c1-17-6-7-19(14-22(17)25-21-5-3-2-4-18(21)10-11-27-25)28-32-24-9-8-20(15-23(24)26)29-16-30-12-13-31-29/h2-11,14-15,28H,12-13,16H2,1H3. The number of halogens is 1. The Bertz CT molecular complexity index is 1260. The van der Waals surface area contributed by atoms with E-state index in [0.717, 1.165) is 45.3 Å². The molecule has 4 aromatic rings. The van der Waals surface area contributed by atoms with Crippen molar-refractivity contribution >= 4 is 57.6 Å². The summed E-state index contributed by atoms with van der Waals surface area (Å²) < 4.78 is 11.1. The van der Waals surface area contributed by atoms with Crippen LogP contribution in [0.3, 0.4) is 0 Å². The van der Waals surface area contributed by atoms with E-state index < -0.39 is 0 Å². The summed E-state index contributed by atoms with van der Waals surface area (Å²) in [5, 5.41) is 3.06. The molecule has 4 nitrogen and oxygen atoms in total. The van der Waals surface area contributed by atoms with Crippen LogP contribution in [-0.4, -0.2) is 24.1 Å². The van der Waals surface area contributed by atoms with Gasteiger partial charge in [0.2, 0.25) is 0 Å². The van der Waals surface area contributed by atoms with Gasteiger partial charge in [-0.1, -0.05) is 41.9 Å². The Labute approximate surface area is 201 Å². The van der Waals surface area contributed by atoms with Crippen LogP contribution in [0.25, 0.3) is 22.0 Å². The molecule has 0 unspecified atom stereocenters. The predicted octanol–water partition coefficient (Wildman–Crippen LogP) is 7.43. The maximum atomic E-state index is 6.59. The van der Waals surface area contributed by atoms with Gasteiger partial charge >= 0.3 is 0 Å². The van der Waals surface area contributed by atoms with Gasteiger partial charge in [0.25, 0.3) is 0 Å². The zero-order valence-electron chi connectivity index (χ0n) is 17.5. The van der Waals surface area contributed by atoms with Crippen molar-refractivity contribution in [2.24, 2.45) is 0 Å². The average molecular weight is 480 g/mol. The van der Waals surface area contributed by atoms with Gasteiger partial charge in [-0.3, -0.25) is 9.29 Å². The fraction of sp³-hybridized carbons (Fsp3) is 0.160. The van der Waals surface area contributed by atoms with Crippen LogP contribution in [-0.2, 0) is 4.74 Å². The Hall–Kier alpha value is -2.38. The van der Waals surface area contributed by atoms with Crippen molar-refractivity contribution in [1.29, 1.82) is 0 Å². The molecule has 0 aliphatic carbocycles. The highest BCUT2D eigenvalue weighted by molar-refractivity contribution is 8.01. The molecule has 32 heavy (non-hydrogen) atoms. The van der Waals surface area contributed by atoms with E-state index in [4.69, 9.17) is 21.3 Å². The molecule has 0 spiro atoms. The van der Waals surface area contributed by atoms with Crippen molar-refractivity contribution in [2.45, 2.75) is 11.8 Å². The van der Waals surface area contributed by atoms with E-state index >= 15 is 0 Å². The highest BCUT2D eigenvalue weighted by Crippen LogP contribution is 2.36. The lowest BCUT2D eigenvalue weighted by molar-refractivity contribution is 0.154. The smallest absolute Gasteiger partial charge is 0.129 e. The number of nitrogens with zero attached hydrogens (tertiary/aromatic N) is 2. The first-order valence-corrected chi connectivity index (χ1v) is 12.5. The summed E-state index contributed by atoms with van der Waals surface area (Å²) in [6, 6.07) is 22.9. The number of anilines is 2. The largest absolute Gasteiger partial charge is 0.359 e. The lowest BCUT2D eigenvalue weighted by Crippen LogP contribution is -2.25. The number of pyridine rings is 1. The Morgan fingerprint density at radius 3 is 2.84 bits per heavy atom. The summed E-state index contributed by atoms with van der Waals surface area (Å²) in [5.41, 5.74) is 5.37. The Balaban J connectivity index is 1.37. The third-order valence-electron chi connectivity index (χ3n) is 5.33. The van der Waals surface area contributed by atoms with E-state index in [1.54, 1.807) is 11.9 Å². The Morgan fingerprint density at radius 1 is 1.09 bits per heavy atom. The molecular formula is C25H22ClN3OS2. The minimum absolute atomic E-state index is 0.583. The molecule has 0 bridgehead atoms. The summed E-state index contributed by atoms with van der Waals surface area (Å²) in [7, 11) is 0. The van der Waals surface area contributed by atoms with E-state index in [-0.39, 0.29) is 0 Å². The molecule has 0 amide bonds. The average Bonchev–Trinajstić information content (AvgIpc) is 2.84. The van der Waals surface area contributed by atoms with Crippen LogP contribution >= 0.6 is 35.5 Å². The van der Waals surface area contributed by atoms with Crippen molar-refractivity contribution in [1.82, 2.24) is 4.98 Å². The highest BCUT2D eigenvalue weighted by atomic mass is 35.5. The second-order valence-electron chi connectivity index (χ2n) is 7.48. The normalized spacial score (nSPS) is 14.0. The summed E-state index contributed by atoms with van der Waals surface area (Å²) in [6.07, 6.45) is 1.87. The molecule has 1 aliphatic rings. The molecule has 1 aromatic heterocycles. The van der Waals surface area contributed by atoms with Crippen LogP contribution in [0, 0.1) is 6.92 Å². The van der Waals surface area contributed by atoms with Crippen LogP contribution in [0.5, 0.6) is 0 Å². The molecule has 1 aliphatic heterocycles. The summed E-state index contributed by atoms with van der Waals surface area (Å²) in [5.74, 6) is 0.955. The van der Waals surface area contributed by atoms with E-state index in [1.165, 1.54) is 22.9 Å². The second-order valence-corrected chi connectivity index (χ2v) is 9.84. The summed E-state index contributed by atoms with van der Waals surface area (Å²) in [6.45, 7) is 3.49. The van der Waals surface area contributed by atoms with Gasteiger partial charge in [0.15, 0.2) is 0 Å². The summed E-state index contributed by atoms with van der Waals surface area (Å²) in [4.78, 5) is 5.67. The van der Waals surface area contributed by atoms with Gasteiger partial charge in [-0.2, -0.15) is 0 Å². The van der Waals surface area contributed by atoms with E-state index in [1.807, 2.05) is 24.4 Å². The number of aromatic nitrogens is 1. The number of fused-ring (bicyclic) bond motifs is 1. The molecule has 7 heteroatoms. The highest BCUT2D eigenvalue weighted by Gasteiger charge is 2.14. The molecule has 5 rings (SSSR count). The minimum Gasteiger partial charge on any atom is -0.359 e. The van der Waals surface area contributed by atoms with Crippen molar-refractivity contribution < 1.29 is 4.74 Å². The van der Waals surface area contributed by atoms with Crippen molar-refractivity contribution in [2.75, 3.05) is 28.1 Å². The Morgan fingerprint density at radius 2 is 2.00 bits per heavy atom. The van der Waals surface area contributed by atoms with Crippen LogP contribution < -0.4 is 9.03 Å². The van der Waals surface area contributed by atoms with Crippen LogP contribution in [0.1, 0.15) is 5.56 Å². The first-order valence-electron chi connectivity index (χ1n) is 10.3. The number of benzene rings is 3. The SMILES string of the molecule is Cc1ccc(NSc2ccc(N3COCCS3)cc2Cl)cc1-c1nccc2ccccc12. The van der Waals surface area contributed by atoms with Crippen LogP contribution in [0.2, 0.25) is 5.02 Å². The van der Waals surface area contributed by atoms with Gasteiger partial charge in [0, 0.05) is 33.5 Å². The van der Waals surface area contributed by atoms with Gasteiger partial charge in [-0.25, -0.2) is 0 Å².